The maximum Gasteiger partial charge on any atom is 0.408 e. The first-order chi connectivity index (χ1) is 11.8. The summed E-state index contributed by atoms with van der Waals surface area (Å²) in [6.45, 7) is 2.99. The summed E-state index contributed by atoms with van der Waals surface area (Å²) in [5.74, 6) is -1.48. The standard InChI is InChI=1S/C16H19F4N3O3/c1-15(2,3)26-14(25)22-11-7-23(8-16(18,19)20)12-5-4-9(17)6-10(12)21-13(11)24/h4-6,11H,7-8H2,1-3H3,(H,21,24)(H,22,25). The SMILES string of the molecule is CC(C)(C)OC(=O)NC1CN(CC(F)(F)F)c2ccc(F)cc2NC1=O. The van der Waals surface area contributed by atoms with Gasteiger partial charge in [0.25, 0.3) is 0 Å². The van der Waals surface area contributed by atoms with Gasteiger partial charge in [-0.1, -0.05) is 0 Å². The second kappa shape index (κ2) is 7.00. The van der Waals surface area contributed by atoms with Crippen molar-refractivity contribution < 1.29 is 31.9 Å². The number of amides is 2. The van der Waals surface area contributed by atoms with Crippen molar-refractivity contribution in [3.63, 3.8) is 0 Å². The molecule has 1 unspecified atom stereocenters. The van der Waals surface area contributed by atoms with Crippen molar-refractivity contribution in [2.75, 3.05) is 23.3 Å². The van der Waals surface area contributed by atoms with Gasteiger partial charge in [0.15, 0.2) is 0 Å². The van der Waals surface area contributed by atoms with E-state index in [1.807, 2.05) is 0 Å². The number of alkyl carbamates (subject to hydrolysis) is 1. The Balaban J connectivity index is 2.28. The smallest absolute Gasteiger partial charge is 0.408 e. The molecule has 1 aliphatic heterocycles. The van der Waals surface area contributed by atoms with Crippen LogP contribution in [-0.4, -0.2) is 42.9 Å². The molecule has 1 aromatic rings. The van der Waals surface area contributed by atoms with Crippen LogP contribution >= 0.6 is 0 Å². The molecule has 10 heteroatoms. The summed E-state index contributed by atoms with van der Waals surface area (Å²) in [5.41, 5.74) is -0.943. The van der Waals surface area contributed by atoms with Crippen LogP contribution in [0.4, 0.5) is 33.7 Å². The fraction of sp³-hybridized carbons (Fsp3) is 0.500. The van der Waals surface area contributed by atoms with E-state index in [2.05, 4.69) is 10.6 Å². The molecule has 0 saturated heterocycles. The van der Waals surface area contributed by atoms with Crippen LogP contribution in [0.15, 0.2) is 18.2 Å². The van der Waals surface area contributed by atoms with Crippen LogP contribution < -0.4 is 15.5 Å². The minimum Gasteiger partial charge on any atom is -0.444 e. The summed E-state index contributed by atoms with van der Waals surface area (Å²) in [6, 6.07) is 1.75. The first-order valence-electron chi connectivity index (χ1n) is 7.76. The Bertz CT molecular complexity index is 701. The lowest BCUT2D eigenvalue weighted by Gasteiger charge is -2.28. The zero-order valence-electron chi connectivity index (χ0n) is 14.4. The van der Waals surface area contributed by atoms with E-state index >= 15 is 0 Å². The fourth-order valence-electron chi connectivity index (χ4n) is 2.43. The van der Waals surface area contributed by atoms with Gasteiger partial charge < -0.3 is 20.3 Å². The Morgan fingerprint density at radius 1 is 1.35 bits per heavy atom. The van der Waals surface area contributed by atoms with Crippen molar-refractivity contribution in [2.24, 2.45) is 0 Å². The minimum absolute atomic E-state index is 0.00515. The molecular weight excluding hydrogens is 358 g/mol. The average Bonchev–Trinajstić information content (AvgIpc) is 2.52. The van der Waals surface area contributed by atoms with Crippen LogP contribution in [0.1, 0.15) is 20.8 Å². The van der Waals surface area contributed by atoms with Gasteiger partial charge in [-0.25, -0.2) is 9.18 Å². The molecule has 1 atom stereocenters. The maximum atomic E-state index is 13.4. The number of halogens is 4. The van der Waals surface area contributed by atoms with E-state index in [0.29, 0.717) is 0 Å². The topological polar surface area (TPSA) is 70.7 Å². The van der Waals surface area contributed by atoms with Crippen molar-refractivity contribution in [1.29, 1.82) is 0 Å². The van der Waals surface area contributed by atoms with Crippen LogP contribution in [0.3, 0.4) is 0 Å². The number of benzene rings is 1. The van der Waals surface area contributed by atoms with Gasteiger partial charge in [-0.15, -0.1) is 0 Å². The van der Waals surface area contributed by atoms with E-state index in [-0.39, 0.29) is 11.4 Å². The fourth-order valence-corrected chi connectivity index (χ4v) is 2.43. The molecule has 0 radical (unpaired) electrons. The predicted molar refractivity (Wildman–Crippen MR) is 86.5 cm³/mol. The third kappa shape index (κ3) is 5.50. The van der Waals surface area contributed by atoms with E-state index in [0.717, 1.165) is 23.1 Å². The second-order valence-corrected chi connectivity index (χ2v) is 6.85. The number of fused-ring (bicyclic) bond motifs is 1. The van der Waals surface area contributed by atoms with E-state index in [4.69, 9.17) is 4.74 Å². The van der Waals surface area contributed by atoms with Crippen LogP contribution in [0.25, 0.3) is 0 Å². The third-order valence-electron chi connectivity index (χ3n) is 3.34. The van der Waals surface area contributed by atoms with Crippen LogP contribution in [-0.2, 0) is 9.53 Å². The molecule has 26 heavy (non-hydrogen) atoms. The number of carbonyl (C=O) groups is 2. The van der Waals surface area contributed by atoms with Gasteiger partial charge in [-0.3, -0.25) is 4.79 Å². The van der Waals surface area contributed by atoms with Gasteiger partial charge in [0.2, 0.25) is 5.91 Å². The van der Waals surface area contributed by atoms with Crippen molar-refractivity contribution in [3.05, 3.63) is 24.0 Å². The lowest BCUT2D eigenvalue weighted by atomic mass is 10.2. The summed E-state index contributed by atoms with van der Waals surface area (Å²) in [7, 11) is 0. The normalized spacial score (nSPS) is 17.9. The lowest BCUT2D eigenvalue weighted by Crippen LogP contribution is -2.51. The molecule has 1 aliphatic rings. The first-order valence-corrected chi connectivity index (χ1v) is 7.76. The first kappa shape index (κ1) is 19.8. The summed E-state index contributed by atoms with van der Waals surface area (Å²) in [5, 5.41) is 4.59. The quantitative estimate of drug-likeness (QED) is 0.778. The van der Waals surface area contributed by atoms with Gasteiger partial charge in [0, 0.05) is 6.54 Å². The number of rotatable bonds is 2. The number of nitrogens with one attached hydrogen (secondary N) is 2. The molecule has 6 nitrogen and oxygen atoms in total. The Hall–Kier alpha value is -2.52. The summed E-state index contributed by atoms with van der Waals surface area (Å²) in [6.07, 6.45) is -5.50. The molecule has 0 bridgehead atoms. The van der Waals surface area contributed by atoms with E-state index in [1.165, 1.54) is 0 Å². The summed E-state index contributed by atoms with van der Waals surface area (Å²) < 4.78 is 57.2. The van der Waals surface area contributed by atoms with Crippen LogP contribution in [0.2, 0.25) is 0 Å². The Morgan fingerprint density at radius 2 is 2.00 bits per heavy atom. The molecule has 0 aromatic heterocycles. The molecule has 2 N–H and O–H groups in total. The Morgan fingerprint density at radius 3 is 2.58 bits per heavy atom. The van der Waals surface area contributed by atoms with Gasteiger partial charge in [0.1, 0.15) is 24.0 Å². The molecule has 0 saturated carbocycles. The highest BCUT2D eigenvalue weighted by Crippen LogP contribution is 2.32. The zero-order valence-corrected chi connectivity index (χ0v) is 14.4. The molecule has 0 aliphatic carbocycles. The number of hydrogen-bond donors (Lipinski definition) is 2. The highest BCUT2D eigenvalue weighted by atomic mass is 19.4. The van der Waals surface area contributed by atoms with Gasteiger partial charge in [-0.2, -0.15) is 13.2 Å². The highest BCUT2D eigenvalue weighted by Gasteiger charge is 2.37. The molecule has 1 heterocycles. The second-order valence-electron chi connectivity index (χ2n) is 6.85. The van der Waals surface area contributed by atoms with E-state index < -0.39 is 48.7 Å². The molecule has 0 fully saturated rings. The van der Waals surface area contributed by atoms with Crippen LogP contribution in [0, 0.1) is 5.82 Å². The van der Waals surface area contributed by atoms with Crippen molar-refractivity contribution in [1.82, 2.24) is 5.32 Å². The zero-order chi connectivity index (χ0) is 19.7. The number of carbonyl (C=O) groups excluding carboxylic acids is 2. The molecule has 144 valence electrons. The molecular formula is C16H19F4N3O3. The van der Waals surface area contributed by atoms with Crippen LogP contribution in [0.5, 0.6) is 0 Å². The van der Waals surface area contributed by atoms with E-state index in [9.17, 15) is 27.2 Å². The summed E-state index contributed by atoms with van der Waals surface area (Å²) in [4.78, 5) is 25.0. The summed E-state index contributed by atoms with van der Waals surface area (Å²) >= 11 is 0. The predicted octanol–water partition coefficient (Wildman–Crippen LogP) is 3.04. The number of alkyl halides is 3. The Kier molecular flexibility index (Phi) is 5.33. The molecule has 1 aromatic carbocycles. The van der Waals surface area contributed by atoms with Crippen molar-refractivity contribution in [2.45, 2.75) is 38.6 Å². The Labute approximate surface area is 147 Å². The molecule has 0 spiro atoms. The highest BCUT2D eigenvalue weighted by molar-refractivity contribution is 6.01. The maximum absolute atomic E-state index is 13.4. The number of ether oxygens (including phenoxy) is 1. The van der Waals surface area contributed by atoms with Gasteiger partial charge in [-0.05, 0) is 39.0 Å². The number of anilines is 2. The monoisotopic (exact) mass is 377 g/mol. The minimum atomic E-state index is -4.56. The third-order valence-corrected chi connectivity index (χ3v) is 3.34. The molecule has 2 rings (SSSR count). The average molecular weight is 377 g/mol. The number of hydrogen-bond acceptors (Lipinski definition) is 4. The van der Waals surface area contributed by atoms with E-state index in [1.54, 1.807) is 20.8 Å². The number of nitrogens with zero attached hydrogens (tertiary/aromatic N) is 1. The molecule has 2 amide bonds. The van der Waals surface area contributed by atoms with Gasteiger partial charge in [0.05, 0.1) is 11.4 Å². The lowest BCUT2D eigenvalue weighted by molar-refractivity contribution is -0.122. The van der Waals surface area contributed by atoms with Crippen molar-refractivity contribution in [3.8, 4) is 0 Å². The van der Waals surface area contributed by atoms with Gasteiger partial charge >= 0.3 is 12.3 Å². The van der Waals surface area contributed by atoms with Crippen molar-refractivity contribution >= 4 is 23.4 Å². The largest absolute Gasteiger partial charge is 0.444 e.